The number of ether oxygens (including phenoxy) is 7. The van der Waals surface area contributed by atoms with E-state index in [-0.39, 0.29) is 23.9 Å². The van der Waals surface area contributed by atoms with Crippen LogP contribution >= 0.6 is 0 Å². The third-order valence-electron chi connectivity index (χ3n) is 10.7. The maximum Gasteiger partial charge on any atom is 0.508 e. The topological polar surface area (TPSA) is 136 Å². The van der Waals surface area contributed by atoms with Crippen LogP contribution in [0.1, 0.15) is 65.2 Å². The lowest BCUT2D eigenvalue weighted by Crippen LogP contribution is -2.63. The molecule has 0 radical (unpaired) electrons. The number of fused-ring (bicyclic) bond motifs is 6. The molecule has 0 aromatic rings. The highest BCUT2D eigenvalue weighted by Gasteiger charge is 2.71. The summed E-state index contributed by atoms with van der Waals surface area (Å²) in [5, 5.41) is 10.4. The van der Waals surface area contributed by atoms with Crippen molar-refractivity contribution < 1.29 is 52.6 Å². The number of aliphatic hydroxyl groups excluding tert-OH is 1. The predicted octanol–water partition coefficient (Wildman–Crippen LogP) is 4.49. The lowest BCUT2D eigenvalue weighted by Gasteiger charge is -2.62. The van der Waals surface area contributed by atoms with Gasteiger partial charge in [-0.25, -0.2) is 14.4 Å². The number of carbonyl (C=O) groups is 3. The molecule has 0 amide bonds. The fourth-order valence-corrected chi connectivity index (χ4v) is 8.93. The maximum absolute atomic E-state index is 12.6. The number of hydrogen-bond donors (Lipinski definition) is 1. The average molecular weight is 553 g/mol. The summed E-state index contributed by atoms with van der Waals surface area (Å²) in [5.41, 5.74) is -0.440. The van der Waals surface area contributed by atoms with Crippen molar-refractivity contribution in [2.45, 2.75) is 95.4 Å². The average Bonchev–Trinajstić information content (AvgIpc) is 3.43. The van der Waals surface area contributed by atoms with E-state index in [0.717, 1.165) is 18.4 Å². The standard InChI is InChI=1S/C28H40O11/c1-26-9-6-16(36-23(30)33-3)12-15(26)13-18(37-24(31)34-4)21-17-7-10-28(11-8-20(29)39-28)27(17,2)14-19(22(21)26)38-25(32)35-5/h13,16-22,29H,6-12,14H2,1-5H3/t16-,17?,18-,19+,20?,21?,22?,26-,27-,28+/m0/s1. The summed E-state index contributed by atoms with van der Waals surface area (Å²) in [5.74, 6) is -0.339. The smallest absolute Gasteiger partial charge is 0.438 e. The van der Waals surface area contributed by atoms with Gasteiger partial charge in [-0.2, -0.15) is 0 Å². The zero-order valence-corrected chi connectivity index (χ0v) is 23.3. The molecule has 4 fully saturated rings. The normalized spacial score (nSPS) is 44.3. The molecule has 1 N–H and O–H groups in total. The molecule has 1 saturated heterocycles. The molecule has 4 unspecified atom stereocenters. The van der Waals surface area contributed by atoms with Crippen LogP contribution in [0.5, 0.6) is 0 Å². The number of hydrogen-bond acceptors (Lipinski definition) is 11. The van der Waals surface area contributed by atoms with Crippen molar-refractivity contribution in [2.75, 3.05) is 21.3 Å². The molecule has 5 aliphatic rings. The monoisotopic (exact) mass is 552 g/mol. The van der Waals surface area contributed by atoms with E-state index in [0.29, 0.717) is 38.5 Å². The Kier molecular flexibility index (Phi) is 7.28. The molecule has 0 aromatic heterocycles. The molecule has 1 aliphatic heterocycles. The predicted molar refractivity (Wildman–Crippen MR) is 133 cm³/mol. The fourth-order valence-electron chi connectivity index (χ4n) is 8.93. The number of aliphatic hydroxyl groups is 1. The molecule has 11 heteroatoms. The van der Waals surface area contributed by atoms with E-state index in [2.05, 4.69) is 13.8 Å². The van der Waals surface area contributed by atoms with Crippen molar-refractivity contribution in [1.82, 2.24) is 0 Å². The van der Waals surface area contributed by atoms with Crippen LogP contribution in [0.3, 0.4) is 0 Å². The number of methoxy groups -OCH3 is 3. The molecule has 3 saturated carbocycles. The third kappa shape index (κ3) is 4.45. The molecule has 0 aromatic carbocycles. The molecule has 5 rings (SSSR count). The van der Waals surface area contributed by atoms with Gasteiger partial charge in [-0.05, 0) is 55.9 Å². The highest BCUT2D eigenvalue weighted by atomic mass is 16.7. The number of carbonyl (C=O) groups excluding carboxylic acids is 3. The van der Waals surface area contributed by atoms with Crippen molar-refractivity contribution in [1.29, 1.82) is 0 Å². The van der Waals surface area contributed by atoms with Gasteiger partial charge in [-0.3, -0.25) is 0 Å². The molecule has 4 aliphatic carbocycles. The van der Waals surface area contributed by atoms with Gasteiger partial charge in [0.2, 0.25) is 0 Å². The Morgan fingerprint density at radius 2 is 1.54 bits per heavy atom. The van der Waals surface area contributed by atoms with Gasteiger partial charge in [-0.1, -0.05) is 19.4 Å². The van der Waals surface area contributed by atoms with Gasteiger partial charge >= 0.3 is 18.5 Å². The van der Waals surface area contributed by atoms with Crippen LogP contribution in [-0.4, -0.2) is 75.1 Å². The Morgan fingerprint density at radius 1 is 0.897 bits per heavy atom. The van der Waals surface area contributed by atoms with Gasteiger partial charge in [0.25, 0.3) is 0 Å². The van der Waals surface area contributed by atoms with Crippen molar-refractivity contribution in [2.24, 2.45) is 28.6 Å². The van der Waals surface area contributed by atoms with Crippen LogP contribution in [-0.2, 0) is 33.2 Å². The second-order valence-corrected chi connectivity index (χ2v) is 12.2. The third-order valence-corrected chi connectivity index (χ3v) is 10.7. The minimum Gasteiger partial charge on any atom is -0.438 e. The van der Waals surface area contributed by atoms with Crippen LogP contribution in [0.25, 0.3) is 0 Å². The first-order valence-electron chi connectivity index (χ1n) is 13.8. The Bertz CT molecular complexity index is 1030. The Labute approximate surface area is 228 Å². The molecular weight excluding hydrogens is 512 g/mol. The highest BCUT2D eigenvalue weighted by molar-refractivity contribution is 5.61. The van der Waals surface area contributed by atoms with Gasteiger partial charge < -0.3 is 38.3 Å². The molecule has 1 spiro atoms. The minimum atomic E-state index is -0.833. The van der Waals surface area contributed by atoms with Gasteiger partial charge in [0.05, 0.1) is 26.9 Å². The Hall–Kier alpha value is -2.53. The SMILES string of the molecule is COC(=O)O[C@H]1CC[C@@]2(C)C(=C[C@H](OC(=O)OC)C3C2[C@H](OC(=O)OC)C[C@@]2(C)C3CC[C@@]23CCC(O)O3)C1. The van der Waals surface area contributed by atoms with Crippen molar-refractivity contribution >= 4 is 18.5 Å². The van der Waals surface area contributed by atoms with Crippen LogP contribution in [0.2, 0.25) is 0 Å². The number of rotatable bonds is 3. The van der Waals surface area contributed by atoms with Crippen molar-refractivity contribution in [3.05, 3.63) is 11.6 Å². The summed E-state index contributed by atoms with van der Waals surface area (Å²) in [6, 6.07) is 0. The van der Waals surface area contributed by atoms with Crippen LogP contribution in [0.4, 0.5) is 14.4 Å². The first kappa shape index (κ1) is 28.0. The van der Waals surface area contributed by atoms with Gasteiger partial charge in [0.1, 0.15) is 18.3 Å². The van der Waals surface area contributed by atoms with Gasteiger partial charge in [0, 0.05) is 30.1 Å². The van der Waals surface area contributed by atoms with Crippen LogP contribution < -0.4 is 0 Å². The Morgan fingerprint density at radius 3 is 2.18 bits per heavy atom. The quantitative estimate of drug-likeness (QED) is 0.301. The van der Waals surface area contributed by atoms with E-state index in [1.807, 2.05) is 6.08 Å². The summed E-state index contributed by atoms with van der Waals surface area (Å²) >= 11 is 0. The Balaban J connectivity index is 1.59. The molecule has 1 heterocycles. The van der Waals surface area contributed by atoms with E-state index in [9.17, 15) is 19.5 Å². The van der Waals surface area contributed by atoms with E-state index in [1.165, 1.54) is 21.3 Å². The zero-order chi connectivity index (χ0) is 28.2. The first-order chi connectivity index (χ1) is 18.5. The molecule has 218 valence electrons. The van der Waals surface area contributed by atoms with E-state index in [4.69, 9.17) is 33.2 Å². The van der Waals surface area contributed by atoms with Crippen molar-refractivity contribution in [3.63, 3.8) is 0 Å². The minimum absolute atomic E-state index is 0.0682. The van der Waals surface area contributed by atoms with E-state index < -0.39 is 53.4 Å². The molecule has 39 heavy (non-hydrogen) atoms. The second-order valence-electron chi connectivity index (χ2n) is 12.2. The highest BCUT2D eigenvalue weighted by Crippen LogP contribution is 2.70. The zero-order valence-electron chi connectivity index (χ0n) is 23.3. The summed E-state index contributed by atoms with van der Waals surface area (Å²) in [6.45, 7) is 4.32. The van der Waals surface area contributed by atoms with E-state index >= 15 is 0 Å². The van der Waals surface area contributed by atoms with Crippen molar-refractivity contribution in [3.8, 4) is 0 Å². The second kappa shape index (κ2) is 10.1. The maximum atomic E-state index is 12.6. The molecule has 0 bridgehead atoms. The summed E-state index contributed by atoms with van der Waals surface area (Å²) in [4.78, 5) is 36.9. The largest absolute Gasteiger partial charge is 0.508 e. The van der Waals surface area contributed by atoms with E-state index in [1.54, 1.807) is 0 Å². The van der Waals surface area contributed by atoms with Gasteiger partial charge in [0.15, 0.2) is 6.29 Å². The van der Waals surface area contributed by atoms with Crippen LogP contribution in [0.15, 0.2) is 11.6 Å². The fraction of sp³-hybridized carbons (Fsp3) is 0.821. The van der Waals surface area contributed by atoms with Gasteiger partial charge in [-0.15, -0.1) is 0 Å². The lowest BCUT2D eigenvalue weighted by molar-refractivity contribution is -0.221. The molecular formula is C28H40O11. The lowest BCUT2D eigenvalue weighted by atomic mass is 9.45. The summed E-state index contributed by atoms with van der Waals surface area (Å²) < 4.78 is 38.2. The van der Waals surface area contributed by atoms with Crippen LogP contribution in [0, 0.1) is 28.6 Å². The first-order valence-corrected chi connectivity index (χ1v) is 13.8. The molecule has 11 nitrogen and oxygen atoms in total. The summed E-state index contributed by atoms with van der Waals surface area (Å²) in [6.07, 6.45) is 2.34. The summed E-state index contributed by atoms with van der Waals surface area (Å²) in [7, 11) is 3.83. The molecule has 10 atom stereocenters.